The Hall–Kier alpha value is -2.70. The second-order valence-electron chi connectivity index (χ2n) is 3.75. The van der Waals surface area contributed by atoms with Crippen molar-refractivity contribution in [2.75, 3.05) is 17.2 Å². The second-order valence-corrected chi connectivity index (χ2v) is 3.75. The summed E-state index contributed by atoms with van der Waals surface area (Å²) in [6, 6.07) is 5.46. The van der Waals surface area contributed by atoms with Crippen LogP contribution in [-0.4, -0.2) is 32.6 Å². The molecule has 0 aliphatic heterocycles. The number of hydrogen-bond donors (Lipinski definition) is 3. The highest BCUT2D eigenvalue weighted by molar-refractivity contribution is 5.72. The Morgan fingerprint density at radius 3 is 2.74 bits per heavy atom. The lowest BCUT2D eigenvalue weighted by molar-refractivity contribution is -0.134. The average Bonchev–Trinajstić information content (AvgIpc) is 2.44. The molecule has 0 aromatic carbocycles. The maximum absolute atomic E-state index is 10.4. The van der Waals surface area contributed by atoms with Gasteiger partial charge in [0.2, 0.25) is 0 Å². The summed E-state index contributed by atoms with van der Waals surface area (Å²) < 4.78 is 0. The number of rotatable bonds is 6. The van der Waals surface area contributed by atoms with Gasteiger partial charge >= 0.3 is 5.97 Å². The Bertz CT molecular complexity index is 547. The summed E-state index contributed by atoms with van der Waals surface area (Å²) in [7, 11) is 0. The molecule has 2 rings (SSSR count). The van der Waals surface area contributed by atoms with Crippen LogP contribution in [0.2, 0.25) is 0 Å². The molecule has 0 fully saturated rings. The van der Waals surface area contributed by atoms with Gasteiger partial charge in [-0.05, 0) is 11.6 Å². The van der Waals surface area contributed by atoms with Crippen molar-refractivity contribution in [3.05, 3.63) is 42.5 Å². The Morgan fingerprint density at radius 1 is 1.26 bits per heavy atom. The highest BCUT2D eigenvalue weighted by atomic mass is 16.4. The smallest absolute Gasteiger partial charge is 0.322 e. The molecule has 0 unspecified atom stereocenters. The molecule has 7 nitrogen and oxygen atoms in total. The summed E-state index contributed by atoms with van der Waals surface area (Å²) in [5.74, 6) is 0.140. The number of carboxylic acids is 1. The molecule has 0 radical (unpaired) electrons. The van der Waals surface area contributed by atoms with Crippen molar-refractivity contribution in [1.29, 1.82) is 0 Å². The summed E-state index contributed by atoms with van der Waals surface area (Å²) in [6.07, 6.45) is 4.84. The largest absolute Gasteiger partial charge is 0.480 e. The van der Waals surface area contributed by atoms with E-state index in [0.29, 0.717) is 18.2 Å². The van der Waals surface area contributed by atoms with E-state index in [1.54, 1.807) is 18.5 Å². The number of nitrogens with zero attached hydrogens (tertiary/aromatic N) is 3. The van der Waals surface area contributed by atoms with Gasteiger partial charge in [-0.15, -0.1) is 0 Å². The standard InChI is InChI=1S/C12H13N5O2/c18-12(19)7-15-11-4-10(16-8-17-11)14-6-9-2-1-3-13-5-9/h1-5,8H,6-7H2,(H,18,19)(H2,14,15,16,17). The zero-order valence-corrected chi connectivity index (χ0v) is 10.1. The molecule has 0 saturated carbocycles. The molecule has 2 heterocycles. The lowest BCUT2D eigenvalue weighted by Gasteiger charge is -2.07. The number of aromatic nitrogens is 3. The van der Waals surface area contributed by atoms with Crippen LogP contribution in [0.15, 0.2) is 36.9 Å². The molecule has 0 saturated heterocycles. The maximum Gasteiger partial charge on any atom is 0.322 e. The lowest BCUT2D eigenvalue weighted by atomic mass is 10.3. The highest BCUT2D eigenvalue weighted by Crippen LogP contribution is 2.09. The number of anilines is 2. The summed E-state index contributed by atoms with van der Waals surface area (Å²) in [4.78, 5) is 22.4. The number of nitrogens with one attached hydrogen (secondary N) is 2. The summed E-state index contributed by atoms with van der Waals surface area (Å²) >= 11 is 0. The van der Waals surface area contributed by atoms with Crippen LogP contribution in [-0.2, 0) is 11.3 Å². The third kappa shape index (κ3) is 4.23. The maximum atomic E-state index is 10.4. The molecular formula is C12H13N5O2. The average molecular weight is 259 g/mol. The van der Waals surface area contributed by atoms with Crippen LogP contribution >= 0.6 is 0 Å². The van der Waals surface area contributed by atoms with Crippen LogP contribution in [0.5, 0.6) is 0 Å². The van der Waals surface area contributed by atoms with Gasteiger partial charge in [-0.25, -0.2) is 9.97 Å². The first-order valence-electron chi connectivity index (χ1n) is 5.64. The fourth-order valence-electron chi connectivity index (χ4n) is 1.41. The molecule has 7 heteroatoms. The van der Waals surface area contributed by atoms with E-state index in [2.05, 4.69) is 25.6 Å². The second kappa shape index (κ2) is 6.29. The van der Waals surface area contributed by atoms with Crippen molar-refractivity contribution >= 4 is 17.6 Å². The summed E-state index contributed by atoms with van der Waals surface area (Å²) in [6.45, 7) is 0.405. The van der Waals surface area contributed by atoms with Crippen LogP contribution in [0.25, 0.3) is 0 Å². The van der Waals surface area contributed by atoms with Gasteiger partial charge < -0.3 is 15.7 Å². The monoisotopic (exact) mass is 259 g/mol. The molecule has 2 aromatic rings. The van der Waals surface area contributed by atoms with E-state index in [1.165, 1.54) is 6.33 Å². The number of carboxylic acid groups (broad SMARTS) is 1. The molecule has 98 valence electrons. The van der Waals surface area contributed by atoms with Crippen molar-refractivity contribution in [1.82, 2.24) is 15.0 Å². The molecule has 0 atom stereocenters. The Kier molecular flexibility index (Phi) is 4.22. The van der Waals surface area contributed by atoms with Crippen molar-refractivity contribution < 1.29 is 9.90 Å². The van der Waals surface area contributed by atoms with E-state index >= 15 is 0 Å². The fraction of sp³-hybridized carbons (Fsp3) is 0.167. The van der Waals surface area contributed by atoms with E-state index in [4.69, 9.17) is 5.11 Å². The van der Waals surface area contributed by atoms with Crippen LogP contribution in [0.3, 0.4) is 0 Å². The zero-order valence-electron chi connectivity index (χ0n) is 10.1. The van der Waals surface area contributed by atoms with Gasteiger partial charge in [0.25, 0.3) is 0 Å². The van der Waals surface area contributed by atoms with Gasteiger partial charge in [-0.1, -0.05) is 6.07 Å². The van der Waals surface area contributed by atoms with E-state index in [1.807, 2.05) is 12.1 Å². The van der Waals surface area contributed by atoms with Crippen LogP contribution in [0.1, 0.15) is 5.56 Å². The molecule has 0 spiro atoms. The Balaban J connectivity index is 1.93. The number of pyridine rings is 1. The van der Waals surface area contributed by atoms with E-state index in [9.17, 15) is 4.79 Å². The molecule has 0 aliphatic carbocycles. The fourth-order valence-corrected chi connectivity index (χ4v) is 1.41. The Labute approximate surface area is 109 Å². The number of hydrogen-bond acceptors (Lipinski definition) is 6. The first-order chi connectivity index (χ1) is 9.24. The van der Waals surface area contributed by atoms with Gasteiger partial charge in [0.15, 0.2) is 0 Å². The molecule has 0 bridgehead atoms. The van der Waals surface area contributed by atoms with Crippen molar-refractivity contribution in [2.45, 2.75) is 6.54 Å². The first-order valence-corrected chi connectivity index (χ1v) is 5.64. The van der Waals surface area contributed by atoms with Gasteiger partial charge in [0.1, 0.15) is 24.5 Å². The molecule has 3 N–H and O–H groups in total. The van der Waals surface area contributed by atoms with E-state index in [0.717, 1.165) is 5.56 Å². The number of carbonyl (C=O) groups is 1. The predicted octanol–water partition coefficient (Wildman–Crippen LogP) is 0.980. The zero-order chi connectivity index (χ0) is 13.5. The summed E-state index contributed by atoms with van der Waals surface area (Å²) in [5.41, 5.74) is 1.03. The third-order valence-electron chi connectivity index (χ3n) is 2.28. The SMILES string of the molecule is O=C(O)CNc1cc(NCc2cccnc2)ncn1. The summed E-state index contributed by atoms with van der Waals surface area (Å²) in [5, 5.41) is 14.4. The normalized spacial score (nSPS) is 9.89. The van der Waals surface area contributed by atoms with Gasteiger partial charge in [-0.2, -0.15) is 0 Å². The minimum absolute atomic E-state index is 0.181. The van der Waals surface area contributed by atoms with Gasteiger partial charge in [0.05, 0.1) is 0 Å². The molecule has 2 aromatic heterocycles. The predicted molar refractivity (Wildman–Crippen MR) is 69.7 cm³/mol. The van der Waals surface area contributed by atoms with Crippen molar-refractivity contribution in [3.8, 4) is 0 Å². The highest BCUT2D eigenvalue weighted by Gasteiger charge is 2.01. The van der Waals surface area contributed by atoms with Crippen LogP contribution < -0.4 is 10.6 Å². The third-order valence-corrected chi connectivity index (χ3v) is 2.28. The quantitative estimate of drug-likeness (QED) is 0.711. The molecule has 0 amide bonds. The van der Waals surface area contributed by atoms with Crippen LogP contribution in [0.4, 0.5) is 11.6 Å². The Morgan fingerprint density at radius 2 is 2.05 bits per heavy atom. The van der Waals surface area contributed by atoms with Gasteiger partial charge in [0, 0.05) is 25.0 Å². The molecular weight excluding hydrogens is 246 g/mol. The van der Waals surface area contributed by atoms with Crippen LogP contribution in [0, 0.1) is 0 Å². The van der Waals surface area contributed by atoms with E-state index in [-0.39, 0.29) is 6.54 Å². The first kappa shape index (κ1) is 12.7. The van der Waals surface area contributed by atoms with Crippen molar-refractivity contribution in [2.24, 2.45) is 0 Å². The molecule has 0 aliphatic rings. The van der Waals surface area contributed by atoms with Gasteiger partial charge in [-0.3, -0.25) is 9.78 Å². The minimum atomic E-state index is -0.941. The topological polar surface area (TPSA) is 100 Å². The molecule has 19 heavy (non-hydrogen) atoms. The van der Waals surface area contributed by atoms with E-state index < -0.39 is 5.97 Å². The minimum Gasteiger partial charge on any atom is -0.480 e. The van der Waals surface area contributed by atoms with Crippen molar-refractivity contribution in [3.63, 3.8) is 0 Å². The lowest BCUT2D eigenvalue weighted by Crippen LogP contribution is -2.13. The number of aliphatic carboxylic acids is 1.